The van der Waals surface area contributed by atoms with Gasteiger partial charge in [-0.1, -0.05) is 19.1 Å². The topological polar surface area (TPSA) is 95.3 Å². The first-order chi connectivity index (χ1) is 15.9. The summed E-state index contributed by atoms with van der Waals surface area (Å²) < 4.78 is 13.1. The second kappa shape index (κ2) is 8.24. The Bertz CT molecular complexity index is 1440. The number of benzene rings is 1. The number of nitrogens with zero attached hydrogens (tertiary/aromatic N) is 3. The Morgan fingerprint density at radius 3 is 2.97 bits per heavy atom. The van der Waals surface area contributed by atoms with Crippen molar-refractivity contribution in [3.05, 3.63) is 58.3 Å². The van der Waals surface area contributed by atoms with E-state index in [1.165, 1.54) is 29.3 Å². The van der Waals surface area contributed by atoms with E-state index in [0.717, 1.165) is 34.3 Å². The molecule has 0 radical (unpaired) electrons. The average Bonchev–Trinajstić information content (AvgIpc) is 3.18. The summed E-state index contributed by atoms with van der Waals surface area (Å²) in [6, 6.07) is 9.16. The number of aromatic nitrogens is 3. The summed E-state index contributed by atoms with van der Waals surface area (Å²) in [6.45, 7) is 4.56. The van der Waals surface area contributed by atoms with Gasteiger partial charge in [-0.25, -0.2) is 9.97 Å². The zero-order valence-corrected chi connectivity index (χ0v) is 19.5. The van der Waals surface area contributed by atoms with Crippen LogP contribution in [0.5, 0.6) is 5.75 Å². The van der Waals surface area contributed by atoms with Gasteiger partial charge in [0.25, 0.3) is 5.56 Å². The van der Waals surface area contributed by atoms with Gasteiger partial charge in [0.1, 0.15) is 21.8 Å². The van der Waals surface area contributed by atoms with E-state index in [0.29, 0.717) is 28.3 Å². The Hall–Kier alpha value is -3.30. The first-order valence-electron chi connectivity index (χ1n) is 10.8. The number of para-hydroxylation sites is 2. The van der Waals surface area contributed by atoms with Crippen molar-refractivity contribution >= 4 is 43.4 Å². The van der Waals surface area contributed by atoms with Crippen LogP contribution in [0.15, 0.2) is 41.5 Å². The molecule has 0 saturated heterocycles. The maximum absolute atomic E-state index is 13.2. The molecule has 1 atom stereocenters. The molecule has 0 bridgehead atoms. The zero-order chi connectivity index (χ0) is 23.2. The van der Waals surface area contributed by atoms with E-state index in [2.05, 4.69) is 24.1 Å². The van der Waals surface area contributed by atoms with Crippen molar-refractivity contribution in [2.24, 2.45) is 0 Å². The van der Waals surface area contributed by atoms with Gasteiger partial charge in [-0.3, -0.25) is 14.2 Å². The van der Waals surface area contributed by atoms with Crippen LogP contribution in [0.4, 0.5) is 5.69 Å². The van der Waals surface area contributed by atoms with Gasteiger partial charge in [0, 0.05) is 17.4 Å². The molecule has 0 spiro atoms. The minimum Gasteiger partial charge on any atom is -0.495 e. The van der Waals surface area contributed by atoms with E-state index in [4.69, 9.17) is 14.5 Å². The van der Waals surface area contributed by atoms with Gasteiger partial charge in [0.15, 0.2) is 0 Å². The number of hydrogen-bond acceptors (Lipinski definition) is 7. The highest BCUT2D eigenvalue weighted by Crippen LogP contribution is 2.35. The Balaban J connectivity index is 1.47. The fourth-order valence-electron chi connectivity index (χ4n) is 4.04. The maximum atomic E-state index is 13.2. The molecule has 5 rings (SSSR count). The molecule has 4 aromatic rings. The lowest BCUT2D eigenvalue weighted by atomic mass is 9.91. The quantitative estimate of drug-likeness (QED) is 0.481. The van der Waals surface area contributed by atoms with Gasteiger partial charge in [0.05, 0.1) is 42.5 Å². The Kier molecular flexibility index (Phi) is 5.38. The zero-order valence-electron chi connectivity index (χ0n) is 18.7. The molecule has 4 heterocycles. The monoisotopic (exact) mass is 464 g/mol. The summed E-state index contributed by atoms with van der Waals surface area (Å²) in [5.41, 5.74) is 2.73. The van der Waals surface area contributed by atoms with Crippen molar-refractivity contribution in [1.29, 1.82) is 0 Å². The van der Waals surface area contributed by atoms with Crippen molar-refractivity contribution in [3.63, 3.8) is 0 Å². The Labute approximate surface area is 194 Å². The van der Waals surface area contributed by atoms with Crippen LogP contribution in [0, 0.1) is 0 Å². The number of fused-ring (bicyclic) bond motifs is 4. The first-order valence-corrected chi connectivity index (χ1v) is 11.6. The van der Waals surface area contributed by atoms with E-state index in [9.17, 15) is 9.59 Å². The van der Waals surface area contributed by atoms with Crippen LogP contribution in [0.25, 0.3) is 20.4 Å². The number of carbonyl (C=O) groups excluding carboxylic acids is 1. The molecule has 1 aromatic carbocycles. The van der Waals surface area contributed by atoms with E-state index in [-0.39, 0.29) is 23.6 Å². The number of thiophene rings is 1. The predicted octanol–water partition coefficient (Wildman–Crippen LogP) is 3.89. The van der Waals surface area contributed by atoms with Gasteiger partial charge in [-0.15, -0.1) is 11.3 Å². The minimum absolute atomic E-state index is 0.152. The van der Waals surface area contributed by atoms with Gasteiger partial charge >= 0.3 is 0 Å². The smallest absolute Gasteiger partial charge is 0.271 e. The molecular formula is C24H24N4O4S. The van der Waals surface area contributed by atoms with Crippen molar-refractivity contribution < 1.29 is 14.3 Å². The molecule has 3 aromatic heterocycles. The molecule has 8 nitrogen and oxygen atoms in total. The van der Waals surface area contributed by atoms with E-state index in [1.54, 1.807) is 18.2 Å². The van der Waals surface area contributed by atoms with Gasteiger partial charge in [-0.05, 0) is 31.5 Å². The highest BCUT2D eigenvalue weighted by molar-refractivity contribution is 7.25. The van der Waals surface area contributed by atoms with Crippen LogP contribution >= 0.6 is 11.3 Å². The molecule has 1 amide bonds. The largest absolute Gasteiger partial charge is 0.495 e. The normalized spacial score (nSPS) is 17.8. The summed E-state index contributed by atoms with van der Waals surface area (Å²) in [5, 5.41) is 3.64. The van der Waals surface area contributed by atoms with Crippen molar-refractivity contribution in [3.8, 4) is 5.75 Å². The van der Waals surface area contributed by atoms with Crippen molar-refractivity contribution in [2.45, 2.75) is 45.4 Å². The molecule has 1 aliphatic heterocycles. The summed E-state index contributed by atoms with van der Waals surface area (Å²) in [4.78, 5) is 35.9. The van der Waals surface area contributed by atoms with Crippen LogP contribution in [0.1, 0.15) is 31.5 Å². The molecule has 1 N–H and O–H groups in total. The number of methoxy groups -OCH3 is 1. The number of carbonyl (C=O) groups is 1. The third kappa shape index (κ3) is 3.87. The van der Waals surface area contributed by atoms with Crippen LogP contribution in [0.2, 0.25) is 0 Å². The van der Waals surface area contributed by atoms with Crippen LogP contribution < -0.4 is 15.6 Å². The molecule has 1 aliphatic rings. The van der Waals surface area contributed by atoms with Crippen molar-refractivity contribution in [2.75, 3.05) is 12.4 Å². The number of amides is 1. The number of rotatable bonds is 5. The molecule has 9 heteroatoms. The second-order valence-corrected chi connectivity index (χ2v) is 9.42. The molecule has 33 heavy (non-hydrogen) atoms. The minimum atomic E-state index is -0.339. The first kappa shape index (κ1) is 21.5. The summed E-state index contributed by atoms with van der Waals surface area (Å²) in [6.07, 6.45) is 3.06. The van der Waals surface area contributed by atoms with Crippen LogP contribution in [-0.4, -0.2) is 33.2 Å². The molecular weight excluding hydrogens is 440 g/mol. The van der Waals surface area contributed by atoms with Crippen molar-refractivity contribution in [1.82, 2.24) is 14.5 Å². The molecule has 0 unspecified atom stereocenters. The third-order valence-corrected chi connectivity index (χ3v) is 7.24. The molecule has 0 aliphatic carbocycles. The SMILES string of the molecule is CC[C@@]1(C)Cc2nc3sc4c(=O)n(CC(=O)Nc5ccccc5OC)cnc4c3cc2CO1. The summed E-state index contributed by atoms with van der Waals surface area (Å²) in [5.74, 6) is 0.211. The number of anilines is 1. The standard InChI is InChI=1S/C24H24N4O4S/c1-4-24(2)10-17-14(12-32-24)9-15-20-21(33-22(15)27-17)23(30)28(13-25-20)11-19(29)26-16-7-5-6-8-18(16)31-3/h5-9,13H,4,10-12H2,1-3H3,(H,26,29)/t24-/m0/s1. The maximum Gasteiger partial charge on any atom is 0.271 e. The van der Waals surface area contributed by atoms with E-state index in [1.807, 2.05) is 12.1 Å². The number of ether oxygens (including phenoxy) is 2. The highest BCUT2D eigenvalue weighted by atomic mass is 32.1. The molecule has 0 saturated carbocycles. The Morgan fingerprint density at radius 2 is 2.18 bits per heavy atom. The van der Waals surface area contributed by atoms with E-state index < -0.39 is 0 Å². The lowest BCUT2D eigenvalue weighted by Gasteiger charge is -2.33. The number of pyridine rings is 1. The number of nitrogens with one attached hydrogen (secondary N) is 1. The number of hydrogen-bond donors (Lipinski definition) is 1. The van der Waals surface area contributed by atoms with Crippen LogP contribution in [-0.2, 0) is 29.1 Å². The molecule has 170 valence electrons. The van der Waals surface area contributed by atoms with Gasteiger partial charge in [0.2, 0.25) is 5.91 Å². The Morgan fingerprint density at radius 1 is 1.36 bits per heavy atom. The summed E-state index contributed by atoms with van der Waals surface area (Å²) in [7, 11) is 1.54. The van der Waals surface area contributed by atoms with Gasteiger partial charge in [-0.2, -0.15) is 0 Å². The fraction of sp³-hybridized carbons (Fsp3) is 0.333. The lowest BCUT2D eigenvalue weighted by molar-refractivity contribution is -0.116. The van der Waals surface area contributed by atoms with E-state index >= 15 is 0 Å². The fourth-order valence-corrected chi connectivity index (χ4v) is 5.12. The third-order valence-electron chi connectivity index (χ3n) is 6.17. The lowest BCUT2D eigenvalue weighted by Crippen LogP contribution is -2.35. The predicted molar refractivity (Wildman–Crippen MR) is 128 cm³/mol. The highest BCUT2D eigenvalue weighted by Gasteiger charge is 2.31. The molecule has 0 fully saturated rings. The van der Waals surface area contributed by atoms with Crippen LogP contribution in [0.3, 0.4) is 0 Å². The second-order valence-electron chi connectivity index (χ2n) is 8.42. The average molecular weight is 465 g/mol. The van der Waals surface area contributed by atoms with Gasteiger partial charge < -0.3 is 14.8 Å². The summed E-state index contributed by atoms with van der Waals surface area (Å²) >= 11 is 1.32.